The van der Waals surface area contributed by atoms with Gasteiger partial charge in [0.2, 0.25) is 0 Å². The number of thiocarbonyl (C=S) groups is 1. The molecule has 1 rings (SSSR count). The Morgan fingerprint density at radius 3 is 2.12 bits per heavy atom. The maximum atomic E-state index is 5.39. The van der Waals surface area contributed by atoms with E-state index in [4.69, 9.17) is 21.7 Å². The first-order chi connectivity index (χ1) is 8.27. The minimum absolute atomic E-state index is 0.601. The van der Waals surface area contributed by atoms with Crippen LogP contribution in [0.25, 0.3) is 0 Å². The summed E-state index contributed by atoms with van der Waals surface area (Å²) in [5, 5.41) is 4.19. The van der Waals surface area contributed by atoms with Gasteiger partial charge in [0.1, 0.15) is 0 Å². The number of hydrogen-bond donors (Lipinski definition) is 1. The van der Waals surface area contributed by atoms with Crippen LogP contribution in [-0.2, 0) is 9.47 Å². The van der Waals surface area contributed by atoms with E-state index in [0.717, 1.165) is 44.6 Å². The minimum atomic E-state index is 0.601. The van der Waals surface area contributed by atoms with E-state index in [2.05, 4.69) is 10.2 Å². The highest BCUT2D eigenvalue weighted by Crippen LogP contribution is 2.18. The molecule has 0 aromatic rings. The van der Waals surface area contributed by atoms with E-state index < -0.39 is 0 Å². The monoisotopic (exact) mass is 260 g/mol. The lowest BCUT2D eigenvalue weighted by atomic mass is 10.5. The standard InChI is InChI=1S/C12H24N2O2S/c1-3-15-9-7-14(8-10-16-4-2)12(17)13-11-5-6-11/h11H,3-10H2,1-2H3,(H,13,17). The van der Waals surface area contributed by atoms with Gasteiger partial charge in [-0.2, -0.15) is 0 Å². The van der Waals surface area contributed by atoms with Crippen molar-refractivity contribution >= 4 is 17.3 Å². The summed E-state index contributed by atoms with van der Waals surface area (Å²) in [6.07, 6.45) is 2.48. The SMILES string of the molecule is CCOCCN(CCOCC)C(=S)NC1CC1. The fraction of sp³-hybridized carbons (Fsp3) is 0.917. The third-order valence-corrected chi connectivity index (χ3v) is 2.99. The summed E-state index contributed by atoms with van der Waals surface area (Å²) in [6.45, 7) is 8.62. The molecule has 0 spiro atoms. The Kier molecular flexibility index (Phi) is 7.48. The van der Waals surface area contributed by atoms with Crippen LogP contribution in [0.15, 0.2) is 0 Å². The molecular formula is C12H24N2O2S. The maximum absolute atomic E-state index is 5.39. The number of hydrogen-bond acceptors (Lipinski definition) is 3. The van der Waals surface area contributed by atoms with Gasteiger partial charge < -0.3 is 19.7 Å². The maximum Gasteiger partial charge on any atom is 0.169 e. The van der Waals surface area contributed by atoms with Crippen molar-refractivity contribution in [2.24, 2.45) is 0 Å². The van der Waals surface area contributed by atoms with Gasteiger partial charge in [-0.15, -0.1) is 0 Å². The van der Waals surface area contributed by atoms with E-state index in [-0.39, 0.29) is 0 Å². The molecule has 0 heterocycles. The van der Waals surface area contributed by atoms with Crippen LogP contribution >= 0.6 is 12.2 Å². The van der Waals surface area contributed by atoms with E-state index in [1.165, 1.54) is 12.8 Å². The molecule has 1 N–H and O–H groups in total. The van der Waals surface area contributed by atoms with Gasteiger partial charge in [0, 0.05) is 32.3 Å². The Balaban J connectivity index is 2.24. The molecule has 0 aromatic carbocycles. The van der Waals surface area contributed by atoms with E-state index in [1.807, 2.05) is 13.8 Å². The van der Waals surface area contributed by atoms with Gasteiger partial charge in [0.15, 0.2) is 5.11 Å². The summed E-state index contributed by atoms with van der Waals surface area (Å²) in [5.74, 6) is 0. The summed E-state index contributed by atoms with van der Waals surface area (Å²) >= 11 is 5.39. The fourth-order valence-corrected chi connectivity index (χ4v) is 1.80. The molecule has 1 aliphatic rings. The normalized spacial score (nSPS) is 14.7. The van der Waals surface area contributed by atoms with Crippen LogP contribution in [0, 0.1) is 0 Å². The molecule has 1 saturated carbocycles. The van der Waals surface area contributed by atoms with E-state index in [0.29, 0.717) is 6.04 Å². The van der Waals surface area contributed by atoms with Gasteiger partial charge >= 0.3 is 0 Å². The van der Waals surface area contributed by atoms with Gasteiger partial charge in [0.25, 0.3) is 0 Å². The number of nitrogens with zero attached hydrogens (tertiary/aromatic N) is 1. The summed E-state index contributed by atoms with van der Waals surface area (Å²) in [6, 6.07) is 0.601. The van der Waals surface area contributed by atoms with Crippen molar-refractivity contribution in [3.8, 4) is 0 Å². The third kappa shape index (κ3) is 6.81. The zero-order chi connectivity index (χ0) is 12.5. The van der Waals surface area contributed by atoms with Crippen LogP contribution in [0.5, 0.6) is 0 Å². The zero-order valence-electron chi connectivity index (χ0n) is 10.9. The van der Waals surface area contributed by atoms with E-state index in [1.54, 1.807) is 0 Å². The molecule has 5 heteroatoms. The first-order valence-corrected chi connectivity index (χ1v) is 6.89. The van der Waals surface area contributed by atoms with Crippen LogP contribution in [0.2, 0.25) is 0 Å². The van der Waals surface area contributed by atoms with Crippen molar-refractivity contribution in [2.45, 2.75) is 32.7 Å². The highest BCUT2D eigenvalue weighted by molar-refractivity contribution is 7.80. The van der Waals surface area contributed by atoms with Gasteiger partial charge in [-0.1, -0.05) is 0 Å². The number of ether oxygens (including phenoxy) is 2. The molecule has 0 aliphatic heterocycles. The second-order valence-corrected chi connectivity index (χ2v) is 4.49. The van der Waals surface area contributed by atoms with Crippen molar-refractivity contribution in [1.82, 2.24) is 10.2 Å². The van der Waals surface area contributed by atoms with Crippen molar-refractivity contribution in [3.63, 3.8) is 0 Å². The summed E-state index contributed by atoms with van der Waals surface area (Å²) in [4.78, 5) is 2.14. The van der Waals surface area contributed by atoms with Crippen LogP contribution in [0.4, 0.5) is 0 Å². The molecule has 0 saturated heterocycles. The summed E-state index contributed by atoms with van der Waals surface area (Å²) in [7, 11) is 0. The lowest BCUT2D eigenvalue weighted by Gasteiger charge is -2.25. The molecule has 0 atom stereocenters. The van der Waals surface area contributed by atoms with Crippen LogP contribution in [0.3, 0.4) is 0 Å². The van der Waals surface area contributed by atoms with Gasteiger partial charge in [-0.05, 0) is 38.9 Å². The van der Waals surface area contributed by atoms with Crippen LogP contribution in [-0.4, -0.2) is 55.6 Å². The topological polar surface area (TPSA) is 33.7 Å². The molecular weight excluding hydrogens is 236 g/mol. The predicted molar refractivity (Wildman–Crippen MR) is 73.3 cm³/mol. The first-order valence-electron chi connectivity index (χ1n) is 6.48. The van der Waals surface area contributed by atoms with E-state index >= 15 is 0 Å². The second kappa shape index (κ2) is 8.66. The summed E-state index contributed by atoms with van der Waals surface area (Å²) in [5.41, 5.74) is 0. The Morgan fingerprint density at radius 2 is 1.71 bits per heavy atom. The Labute approximate surface area is 110 Å². The Morgan fingerprint density at radius 1 is 1.18 bits per heavy atom. The Hall–Kier alpha value is -0.390. The third-order valence-electron chi connectivity index (χ3n) is 2.61. The van der Waals surface area contributed by atoms with Gasteiger partial charge in [0.05, 0.1) is 13.2 Å². The molecule has 0 amide bonds. The van der Waals surface area contributed by atoms with Crippen molar-refractivity contribution < 1.29 is 9.47 Å². The predicted octanol–water partition coefficient (Wildman–Crippen LogP) is 1.40. The van der Waals surface area contributed by atoms with Crippen molar-refractivity contribution in [2.75, 3.05) is 39.5 Å². The summed E-state index contributed by atoms with van der Waals surface area (Å²) < 4.78 is 10.7. The highest BCUT2D eigenvalue weighted by Gasteiger charge is 2.23. The lowest BCUT2D eigenvalue weighted by Crippen LogP contribution is -2.44. The molecule has 0 unspecified atom stereocenters. The Bertz CT molecular complexity index is 213. The second-order valence-electron chi connectivity index (χ2n) is 4.10. The number of nitrogens with one attached hydrogen (secondary N) is 1. The molecule has 17 heavy (non-hydrogen) atoms. The highest BCUT2D eigenvalue weighted by atomic mass is 32.1. The fourth-order valence-electron chi connectivity index (χ4n) is 1.45. The zero-order valence-corrected chi connectivity index (χ0v) is 11.7. The number of rotatable bonds is 9. The van der Waals surface area contributed by atoms with Crippen LogP contribution in [0.1, 0.15) is 26.7 Å². The van der Waals surface area contributed by atoms with Crippen LogP contribution < -0.4 is 5.32 Å². The first kappa shape index (κ1) is 14.7. The molecule has 1 fully saturated rings. The lowest BCUT2D eigenvalue weighted by molar-refractivity contribution is 0.107. The van der Waals surface area contributed by atoms with Gasteiger partial charge in [-0.3, -0.25) is 0 Å². The molecule has 0 aromatic heterocycles. The average Bonchev–Trinajstić information content (AvgIpc) is 3.11. The molecule has 0 radical (unpaired) electrons. The van der Waals surface area contributed by atoms with Gasteiger partial charge in [-0.25, -0.2) is 0 Å². The molecule has 4 nitrogen and oxygen atoms in total. The van der Waals surface area contributed by atoms with Crippen molar-refractivity contribution in [1.29, 1.82) is 0 Å². The average molecular weight is 260 g/mol. The molecule has 100 valence electrons. The molecule has 1 aliphatic carbocycles. The van der Waals surface area contributed by atoms with E-state index in [9.17, 15) is 0 Å². The quantitative estimate of drug-likeness (QED) is 0.500. The molecule has 0 bridgehead atoms. The largest absolute Gasteiger partial charge is 0.380 e. The smallest absolute Gasteiger partial charge is 0.169 e. The minimum Gasteiger partial charge on any atom is -0.380 e. The van der Waals surface area contributed by atoms with Crippen molar-refractivity contribution in [3.05, 3.63) is 0 Å².